The molecular weight excluding hydrogens is 544 g/mol. The molecule has 1 fully saturated rings. The topological polar surface area (TPSA) is 52.7 Å². The molecule has 1 aliphatic carbocycles. The molecule has 0 aliphatic heterocycles. The van der Waals surface area contributed by atoms with Crippen molar-refractivity contribution in [2.45, 2.75) is 37.8 Å². The first kappa shape index (κ1) is 17.2. The first-order valence-corrected chi connectivity index (χ1v) is 10.4. The number of hydrogen-bond donors (Lipinski definition) is 3. The minimum absolute atomic E-state index is 0.406. The van der Waals surface area contributed by atoms with Crippen LogP contribution in [-0.2, 0) is 0 Å². The van der Waals surface area contributed by atoms with E-state index in [1.807, 2.05) is 7.05 Å². The van der Waals surface area contributed by atoms with Gasteiger partial charge in [-0.1, -0.05) is 12.8 Å². The highest BCUT2D eigenvalue weighted by molar-refractivity contribution is 9.15. The van der Waals surface area contributed by atoms with Gasteiger partial charge in [-0.25, -0.2) is 4.98 Å². The van der Waals surface area contributed by atoms with E-state index in [9.17, 15) is 0 Å². The number of aromatic nitrogens is 2. The molecule has 0 spiro atoms. The van der Waals surface area contributed by atoms with Crippen LogP contribution in [0, 0.1) is 0 Å². The monoisotopic (exact) mass is 556 g/mol. The highest BCUT2D eigenvalue weighted by atomic mass is 79.9. The fourth-order valence-corrected chi connectivity index (χ4v) is 5.28. The number of benzene rings is 1. The van der Waals surface area contributed by atoms with Gasteiger partial charge in [-0.15, -0.1) is 0 Å². The number of anilines is 1. The van der Waals surface area contributed by atoms with E-state index in [2.05, 4.69) is 79.3 Å². The first-order chi connectivity index (χ1) is 10.5. The number of nitrogens with zero attached hydrogens (tertiary/aromatic N) is 1. The van der Waals surface area contributed by atoms with Gasteiger partial charge in [0, 0.05) is 21.0 Å². The lowest BCUT2D eigenvalue weighted by atomic mass is 9.90. The second-order valence-electron chi connectivity index (χ2n) is 5.50. The molecule has 1 aromatic carbocycles. The van der Waals surface area contributed by atoms with Crippen molar-refractivity contribution < 1.29 is 0 Å². The standard InChI is InChI=1S/C14H16Br4N4/c1-19-6-4-2-3-5-7(6)20-14-21-12-10(17)8(15)9(16)11(18)13(12)22-14/h6-7,19H,2-5H2,1H3,(H2,20,21,22). The second kappa shape index (κ2) is 7.09. The smallest absolute Gasteiger partial charge is 0.201 e. The van der Waals surface area contributed by atoms with Crippen molar-refractivity contribution in [2.24, 2.45) is 0 Å². The summed E-state index contributed by atoms with van der Waals surface area (Å²) in [5.41, 5.74) is 1.88. The minimum Gasteiger partial charge on any atom is -0.351 e. The maximum atomic E-state index is 4.72. The number of likely N-dealkylation sites (N-methyl/N-ethyl adjacent to an activating group) is 1. The van der Waals surface area contributed by atoms with E-state index in [4.69, 9.17) is 4.98 Å². The van der Waals surface area contributed by atoms with Crippen LogP contribution in [0.5, 0.6) is 0 Å². The van der Waals surface area contributed by atoms with Crippen LogP contribution < -0.4 is 10.6 Å². The third-order valence-corrected chi connectivity index (χ3v) is 8.92. The van der Waals surface area contributed by atoms with E-state index < -0.39 is 0 Å². The summed E-state index contributed by atoms with van der Waals surface area (Å²) in [6.45, 7) is 0. The van der Waals surface area contributed by atoms with Crippen LogP contribution in [0.2, 0.25) is 0 Å². The number of imidazole rings is 1. The Hall–Kier alpha value is 0.370. The second-order valence-corrected chi connectivity index (χ2v) is 8.67. The summed E-state index contributed by atoms with van der Waals surface area (Å²) < 4.78 is 3.83. The lowest BCUT2D eigenvalue weighted by molar-refractivity contribution is 0.360. The van der Waals surface area contributed by atoms with Crippen LogP contribution in [-0.4, -0.2) is 29.1 Å². The summed E-state index contributed by atoms with van der Waals surface area (Å²) in [4.78, 5) is 8.10. The van der Waals surface area contributed by atoms with Crippen molar-refractivity contribution in [1.29, 1.82) is 0 Å². The zero-order valence-corrected chi connectivity index (χ0v) is 18.3. The zero-order valence-electron chi connectivity index (χ0n) is 11.9. The molecular formula is C14H16Br4N4. The Labute approximate surface area is 163 Å². The van der Waals surface area contributed by atoms with Crippen molar-refractivity contribution in [1.82, 2.24) is 15.3 Å². The Morgan fingerprint density at radius 2 is 1.59 bits per heavy atom. The number of nitrogens with one attached hydrogen (secondary N) is 3. The lowest BCUT2D eigenvalue weighted by Crippen LogP contribution is -2.44. The van der Waals surface area contributed by atoms with Gasteiger partial charge in [-0.05, 0) is 83.6 Å². The lowest BCUT2D eigenvalue weighted by Gasteiger charge is -2.31. The van der Waals surface area contributed by atoms with Gasteiger partial charge in [-0.3, -0.25) is 0 Å². The maximum absolute atomic E-state index is 4.72. The SMILES string of the molecule is CNC1CCCCC1Nc1nc2c(Br)c(Br)c(Br)c(Br)c2[nH]1. The van der Waals surface area contributed by atoms with Gasteiger partial charge in [-0.2, -0.15) is 0 Å². The van der Waals surface area contributed by atoms with Crippen LogP contribution in [0.1, 0.15) is 25.7 Å². The van der Waals surface area contributed by atoms with E-state index in [1.165, 1.54) is 19.3 Å². The molecule has 1 aliphatic rings. The number of rotatable bonds is 3. The normalized spacial score (nSPS) is 22.2. The number of aromatic amines is 1. The summed E-state index contributed by atoms with van der Waals surface area (Å²) in [7, 11) is 2.03. The molecule has 0 bridgehead atoms. The van der Waals surface area contributed by atoms with Gasteiger partial charge < -0.3 is 15.6 Å². The Bertz CT molecular complexity index is 655. The van der Waals surface area contributed by atoms with Gasteiger partial charge in [0.2, 0.25) is 5.95 Å². The minimum atomic E-state index is 0.406. The van der Waals surface area contributed by atoms with E-state index in [0.29, 0.717) is 12.1 Å². The molecule has 1 aromatic heterocycles. The highest BCUT2D eigenvalue weighted by Crippen LogP contribution is 2.43. The van der Waals surface area contributed by atoms with Crippen molar-refractivity contribution in [3.8, 4) is 0 Å². The van der Waals surface area contributed by atoms with Gasteiger partial charge in [0.1, 0.15) is 5.52 Å². The zero-order chi connectivity index (χ0) is 15.9. The Balaban J connectivity index is 1.95. The third-order valence-electron chi connectivity index (χ3n) is 4.17. The average Bonchev–Trinajstić information content (AvgIpc) is 2.95. The molecule has 3 rings (SSSR count). The van der Waals surface area contributed by atoms with E-state index >= 15 is 0 Å². The Morgan fingerprint density at radius 3 is 2.27 bits per heavy atom. The molecule has 0 amide bonds. The molecule has 0 radical (unpaired) electrons. The van der Waals surface area contributed by atoms with E-state index in [1.54, 1.807) is 0 Å². The molecule has 22 heavy (non-hydrogen) atoms. The van der Waals surface area contributed by atoms with Crippen LogP contribution in [0.3, 0.4) is 0 Å². The van der Waals surface area contributed by atoms with Gasteiger partial charge in [0.15, 0.2) is 0 Å². The maximum Gasteiger partial charge on any atom is 0.201 e. The average molecular weight is 560 g/mol. The molecule has 0 saturated heterocycles. The molecule has 1 heterocycles. The summed E-state index contributed by atoms with van der Waals surface area (Å²) in [6.07, 6.45) is 4.93. The number of halogens is 4. The van der Waals surface area contributed by atoms with Crippen molar-refractivity contribution >= 4 is 80.7 Å². The third kappa shape index (κ3) is 3.14. The van der Waals surface area contributed by atoms with Crippen molar-refractivity contribution in [2.75, 3.05) is 12.4 Å². The Kier molecular flexibility index (Phi) is 5.54. The predicted molar refractivity (Wildman–Crippen MR) is 106 cm³/mol. The molecule has 2 unspecified atom stereocenters. The molecule has 1 saturated carbocycles. The molecule has 8 heteroatoms. The van der Waals surface area contributed by atoms with Gasteiger partial charge >= 0.3 is 0 Å². The number of H-pyrrole nitrogens is 1. The van der Waals surface area contributed by atoms with E-state index in [0.717, 1.165) is 41.3 Å². The first-order valence-electron chi connectivity index (χ1n) is 7.18. The highest BCUT2D eigenvalue weighted by Gasteiger charge is 2.25. The molecule has 3 N–H and O–H groups in total. The molecule has 4 nitrogen and oxygen atoms in total. The van der Waals surface area contributed by atoms with Gasteiger partial charge in [0.25, 0.3) is 0 Å². The quantitative estimate of drug-likeness (QED) is 0.341. The number of hydrogen-bond acceptors (Lipinski definition) is 3. The summed E-state index contributed by atoms with van der Waals surface area (Å²) in [6, 6.07) is 0.899. The molecule has 2 aromatic rings. The van der Waals surface area contributed by atoms with E-state index in [-0.39, 0.29) is 0 Å². The Morgan fingerprint density at radius 1 is 0.955 bits per heavy atom. The summed E-state index contributed by atoms with van der Waals surface area (Å²) in [5, 5.41) is 6.97. The fourth-order valence-electron chi connectivity index (χ4n) is 2.99. The summed E-state index contributed by atoms with van der Waals surface area (Å²) >= 11 is 14.4. The largest absolute Gasteiger partial charge is 0.351 e. The van der Waals surface area contributed by atoms with Crippen molar-refractivity contribution in [3.63, 3.8) is 0 Å². The summed E-state index contributed by atoms with van der Waals surface area (Å²) in [5.74, 6) is 0.813. The predicted octanol–water partition coefficient (Wildman–Crippen LogP) is 5.56. The fraction of sp³-hybridized carbons (Fsp3) is 0.500. The van der Waals surface area contributed by atoms with Gasteiger partial charge in [0.05, 0.1) is 14.5 Å². The number of fused-ring (bicyclic) bond motifs is 1. The van der Waals surface area contributed by atoms with Crippen LogP contribution >= 0.6 is 63.7 Å². The van der Waals surface area contributed by atoms with Crippen LogP contribution in [0.25, 0.3) is 11.0 Å². The van der Waals surface area contributed by atoms with Crippen LogP contribution in [0.15, 0.2) is 17.9 Å². The van der Waals surface area contributed by atoms with Crippen LogP contribution in [0.4, 0.5) is 5.95 Å². The molecule has 2 atom stereocenters. The molecule has 120 valence electrons. The van der Waals surface area contributed by atoms with Crippen molar-refractivity contribution in [3.05, 3.63) is 17.9 Å².